The summed E-state index contributed by atoms with van der Waals surface area (Å²) in [5.74, 6) is -1.26. The number of hydrogen-bond donors (Lipinski definition) is 4. The van der Waals surface area contributed by atoms with E-state index in [1.807, 2.05) is 6.92 Å². The van der Waals surface area contributed by atoms with E-state index in [1.54, 1.807) is 0 Å². The van der Waals surface area contributed by atoms with E-state index in [0.29, 0.717) is 18.3 Å². The number of ether oxygens (including phenoxy) is 1. The first-order valence-electron chi connectivity index (χ1n) is 14.6. The van der Waals surface area contributed by atoms with Crippen molar-refractivity contribution in [3.8, 4) is 0 Å². The normalized spacial score (nSPS) is 57.6. The summed E-state index contributed by atoms with van der Waals surface area (Å²) in [5.41, 5.74) is -1.09. The summed E-state index contributed by atoms with van der Waals surface area (Å²) < 4.78 is 6.34. The number of fused-ring (bicyclic) bond motifs is 7. The van der Waals surface area contributed by atoms with Crippen molar-refractivity contribution >= 4 is 0 Å². The van der Waals surface area contributed by atoms with E-state index >= 15 is 0 Å². The largest absolute Gasteiger partial charge is 0.393 e. The van der Waals surface area contributed by atoms with Crippen LogP contribution >= 0.6 is 0 Å². The van der Waals surface area contributed by atoms with E-state index in [4.69, 9.17) is 4.74 Å². The Morgan fingerprint density at radius 3 is 2.17 bits per heavy atom. The second-order valence-corrected chi connectivity index (χ2v) is 15.4. The van der Waals surface area contributed by atoms with Crippen molar-refractivity contribution in [2.45, 2.75) is 130 Å². The predicted octanol–water partition coefficient (Wildman–Crippen LogP) is 5.05. The van der Waals surface area contributed by atoms with Gasteiger partial charge >= 0.3 is 0 Å². The zero-order chi connectivity index (χ0) is 26.9. The molecule has 2 unspecified atom stereocenters. The number of aliphatic hydroxyl groups is 4. The lowest BCUT2D eigenvalue weighted by molar-refractivity contribution is -0.284. The van der Waals surface area contributed by atoms with E-state index in [0.717, 1.165) is 44.1 Å². The molecule has 5 nitrogen and oxygen atoms in total. The molecule has 4 aliphatic carbocycles. The molecule has 12 atom stereocenters. The van der Waals surface area contributed by atoms with Crippen LogP contribution in [-0.2, 0) is 4.74 Å². The van der Waals surface area contributed by atoms with Crippen LogP contribution < -0.4 is 0 Å². The van der Waals surface area contributed by atoms with Gasteiger partial charge in [-0.1, -0.05) is 60.6 Å². The molecule has 5 fully saturated rings. The van der Waals surface area contributed by atoms with Crippen molar-refractivity contribution in [1.29, 1.82) is 0 Å². The smallest absolute Gasteiger partial charge is 0.198 e. The Morgan fingerprint density at radius 2 is 1.56 bits per heavy atom. The highest BCUT2D eigenvalue weighted by Gasteiger charge is 2.81. The second-order valence-electron chi connectivity index (χ2n) is 15.4. The molecule has 36 heavy (non-hydrogen) atoms. The van der Waals surface area contributed by atoms with Gasteiger partial charge in [0, 0.05) is 5.41 Å². The third-order valence-corrected chi connectivity index (χ3v) is 13.5. The van der Waals surface area contributed by atoms with Gasteiger partial charge < -0.3 is 25.2 Å². The van der Waals surface area contributed by atoms with Crippen molar-refractivity contribution in [1.82, 2.24) is 0 Å². The van der Waals surface area contributed by atoms with Gasteiger partial charge in [0.15, 0.2) is 5.79 Å². The molecular formula is C31H52O5. The van der Waals surface area contributed by atoms with Gasteiger partial charge in [0.1, 0.15) is 6.10 Å². The van der Waals surface area contributed by atoms with E-state index in [9.17, 15) is 20.4 Å². The lowest BCUT2D eigenvalue weighted by Crippen LogP contribution is -2.66. The van der Waals surface area contributed by atoms with Crippen LogP contribution in [0.5, 0.6) is 0 Å². The summed E-state index contributed by atoms with van der Waals surface area (Å²) in [7, 11) is 0. The van der Waals surface area contributed by atoms with E-state index in [-0.39, 0.29) is 34.2 Å². The Morgan fingerprint density at radius 1 is 0.917 bits per heavy atom. The monoisotopic (exact) mass is 504 g/mol. The van der Waals surface area contributed by atoms with Gasteiger partial charge in [-0.2, -0.15) is 0 Å². The van der Waals surface area contributed by atoms with Crippen LogP contribution in [0.1, 0.15) is 100 Å². The average molecular weight is 505 g/mol. The molecule has 0 amide bonds. The first-order valence-corrected chi connectivity index (χ1v) is 14.6. The van der Waals surface area contributed by atoms with Gasteiger partial charge in [0.25, 0.3) is 0 Å². The van der Waals surface area contributed by atoms with Crippen molar-refractivity contribution < 1.29 is 25.2 Å². The summed E-state index contributed by atoms with van der Waals surface area (Å²) in [6.45, 7) is 21.6. The molecule has 1 aliphatic heterocycles. The maximum absolute atomic E-state index is 12.1. The minimum Gasteiger partial charge on any atom is -0.393 e. The van der Waals surface area contributed by atoms with Crippen LogP contribution in [0.4, 0.5) is 0 Å². The molecular weight excluding hydrogens is 452 g/mol. The van der Waals surface area contributed by atoms with E-state index < -0.39 is 34.9 Å². The van der Waals surface area contributed by atoms with Gasteiger partial charge in [0.2, 0.25) is 0 Å². The standard InChI is InChI=1S/C31H52O5/c1-17(2)18(3)16-23-30(9,34)24-19-10-11-21-27(6)14-13-22(32)26(4,5)20(27)12-15-28(21,7)29(19,8)25(33)31(24,35)36-23/h17,19-25,32-35H,3,10-16H2,1-2,4-9H3/t19-,20?,21-,22+,23?,24+,25-,27+,28-,29-,30+,31-/m1/s1. The molecule has 1 heterocycles. The van der Waals surface area contributed by atoms with Crippen molar-refractivity contribution in [3.63, 3.8) is 0 Å². The zero-order valence-electron chi connectivity index (χ0n) is 24.0. The summed E-state index contributed by atoms with van der Waals surface area (Å²) >= 11 is 0. The molecule has 0 aromatic heterocycles. The highest BCUT2D eigenvalue weighted by molar-refractivity contribution is 5.27. The van der Waals surface area contributed by atoms with E-state index in [1.165, 1.54) is 0 Å². The maximum atomic E-state index is 12.1. The summed E-state index contributed by atoms with van der Waals surface area (Å²) in [4.78, 5) is 0. The van der Waals surface area contributed by atoms with Crippen LogP contribution in [0.3, 0.4) is 0 Å². The van der Waals surface area contributed by atoms with Crippen LogP contribution in [0.2, 0.25) is 0 Å². The molecule has 5 heteroatoms. The third kappa shape index (κ3) is 3.01. The Balaban J connectivity index is 1.53. The number of aliphatic hydroxyl groups excluding tert-OH is 2. The summed E-state index contributed by atoms with van der Waals surface area (Å²) in [6.07, 6.45) is 4.23. The molecule has 0 spiro atoms. The minimum absolute atomic E-state index is 0.0339. The highest BCUT2D eigenvalue weighted by Crippen LogP contribution is 2.78. The molecule has 206 valence electrons. The molecule has 5 aliphatic rings. The summed E-state index contributed by atoms with van der Waals surface area (Å²) in [6, 6.07) is 0. The molecule has 0 bridgehead atoms. The van der Waals surface area contributed by atoms with Crippen LogP contribution in [0, 0.1) is 51.2 Å². The fourth-order valence-electron chi connectivity index (χ4n) is 11.1. The molecule has 4 saturated carbocycles. The van der Waals surface area contributed by atoms with Crippen LogP contribution in [-0.4, -0.2) is 50.1 Å². The highest BCUT2D eigenvalue weighted by atomic mass is 16.7. The van der Waals surface area contributed by atoms with Crippen molar-refractivity contribution in [3.05, 3.63) is 12.2 Å². The topological polar surface area (TPSA) is 90.2 Å². The quantitative estimate of drug-likeness (QED) is 0.404. The first-order chi connectivity index (χ1) is 16.4. The molecule has 4 N–H and O–H groups in total. The molecule has 0 aromatic carbocycles. The fourth-order valence-corrected chi connectivity index (χ4v) is 11.1. The van der Waals surface area contributed by atoms with E-state index in [2.05, 4.69) is 55.0 Å². The Bertz CT molecular complexity index is 926. The number of hydrogen-bond acceptors (Lipinski definition) is 5. The van der Waals surface area contributed by atoms with Crippen LogP contribution in [0.25, 0.3) is 0 Å². The number of rotatable bonds is 3. The van der Waals surface area contributed by atoms with Crippen molar-refractivity contribution in [2.24, 2.45) is 51.2 Å². The Hall–Kier alpha value is -0.460. The van der Waals surface area contributed by atoms with Gasteiger partial charge in [0.05, 0.1) is 23.7 Å². The Labute approximate surface area is 218 Å². The van der Waals surface area contributed by atoms with Gasteiger partial charge in [-0.05, 0) is 91.8 Å². The lowest BCUT2D eigenvalue weighted by Gasteiger charge is -2.70. The average Bonchev–Trinajstić information content (AvgIpc) is 3.08. The van der Waals surface area contributed by atoms with Crippen LogP contribution in [0.15, 0.2) is 12.2 Å². The SMILES string of the molecule is C=C(CC1O[C@]2(O)[C@@H]([C@H]3CC[C@@H]4[C@@]5(C)CC[C@H](O)C(C)(C)C5CC[C@@]4(C)[C@@]3(C)[C@H]2O)[C@@]1(C)O)C(C)C. The minimum atomic E-state index is -1.76. The zero-order valence-corrected chi connectivity index (χ0v) is 24.0. The van der Waals surface area contributed by atoms with Gasteiger partial charge in [-0.25, -0.2) is 0 Å². The molecule has 0 aromatic rings. The summed E-state index contributed by atoms with van der Waals surface area (Å²) in [5, 5.41) is 47.0. The maximum Gasteiger partial charge on any atom is 0.198 e. The van der Waals surface area contributed by atoms with Gasteiger partial charge in [-0.15, -0.1) is 0 Å². The molecule has 0 radical (unpaired) electrons. The molecule has 1 saturated heterocycles. The molecule has 5 rings (SSSR count). The fraction of sp³-hybridized carbons (Fsp3) is 0.935. The predicted molar refractivity (Wildman–Crippen MR) is 141 cm³/mol. The first kappa shape index (κ1) is 27.1. The third-order valence-electron chi connectivity index (χ3n) is 13.5. The second kappa shape index (κ2) is 7.81. The lowest BCUT2D eigenvalue weighted by atomic mass is 9.35. The van der Waals surface area contributed by atoms with Gasteiger partial charge in [-0.3, -0.25) is 0 Å². The Kier molecular flexibility index (Phi) is 5.88. The van der Waals surface area contributed by atoms with Crippen molar-refractivity contribution in [2.75, 3.05) is 0 Å².